The molecule has 0 aliphatic carbocycles. The van der Waals surface area contributed by atoms with Crippen molar-refractivity contribution in [3.63, 3.8) is 0 Å². The summed E-state index contributed by atoms with van der Waals surface area (Å²) in [6.45, 7) is 1.97. The van der Waals surface area contributed by atoms with Gasteiger partial charge in [-0.2, -0.15) is 5.26 Å². The molecule has 0 bridgehead atoms. The van der Waals surface area contributed by atoms with Crippen LogP contribution in [0, 0.1) is 18.3 Å². The van der Waals surface area contributed by atoms with Crippen molar-refractivity contribution in [2.24, 2.45) is 0 Å². The molecule has 4 heteroatoms. The topological polar surface area (TPSA) is 45.0 Å². The zero-order valence-electron chi connectivity index (χ0n) is 10.7. The van der Waals surface area contributed by atoms with Gasteiger partial charge in [0.2, 0.25) is 0 Å². The van der Waals surface area contributed by atoms with E-state index in [4.69, 9.17) is 21.6 Å². The Balaban J connectivity index is 2.37. The molecule has 2 aromatic rings. The summed E-state index contributed by atoms with van der Waals surface area (Å²) < 4.78 is 5.16. The van der Waals surface area contributed by atoms with Gasteiger partial charge in [0, 0.05) is 5.69 Å². The number of hydrogen-bond donors (Lipinski definition) is 1. The first-order valence-electron chi connectivity index (χ1n) is 5.76. The molecule has 96 valence electrons. The van der Waals surface area contributed by atoms with Crippen LogP contribution in [0.3, 0.4) is 0 Å². The van der Waals surface area contributed by atoms with Crippen LogP contribution in [-0.4, -0.2) is 7.11 Å². The first kappa shape index (κ1) is 13.3. The molecule has 0 aromatic heterocycles. The largest absolute Gasteiger partial charge is 0.497 e. The molecule has 0 radical (unpaired) electrons. The highest BCUT2D eigenvalue weighted by atomic mass is 35.5. The lowest BCUT2D eigenvalue weighted by Crippen LogP contribution is -1.96. The average molecular weight is 273 g/mol. The third kappa shape index (κ3) is 2.81. The molecule has 0 amide bonds. The SMILES string of the molecule is COc1ccc(Nc2cccc(Cl)c2C#N)c(C)c1. The van der Waals surface area contributed by atoms with Crippen LogP contribution in [0.5, 0.6) is 5.75 Å². The monoisotopic (exact) mass is 272 g/mol. The molecule has 19 heavy (non-hydrogen) atoms. The molecule has 0 spiro atoms. The fraction of sp³-hybridized carbons (Fsp3) is 0.133. The summed E-state index contributed by atoms with van der Waals surface area (Å²) in [6.07, 6.45) is 0. The second-order valence-electron chi connectivity index (χ2n) is 4.08. The zero-order chi connectivity index (χ0) is 13.8. The molecule has 0 fully saturated rings. The number of methoxy groups -OCH3 is 1. The van der Waals surface area contributed by atoms with Crippen LogP contribution in [0.2, 0.25) is 5.02 Å². The zero-order valence-corrected chi connectivity index (χ0v) is 11.5. The van der Waals surface area contributed by atoms with Crippen LogP contribution in [-0.2, 0) is 0 Å². The molecule has 0 atom stereocenters. The summed E-state index contributed by atoms with van der Waals surface area (Å²) in [5, 5.41) is 12.8. The van der Waals surface area contributed by atoms with Crippen LogP contribution >= 0.6 is 11.6 Å². The molecule has 0 saturated heterocycles. The van der Waals surface area contributed by atoms with Crippen LogP contribution in [0.15, 0.2) is 36.4 Å². The van der Waals surface area contributed by atoms with Gasteiger partial charge in [-0.3, -0.25) is 0 Å². The smallest absolute Gasteiger partial charge is 0.119 e. The Bertz CT molecular complexity index is 647. The fourth-order valence-corrected chi connectivity index (χ4v) is 2.01. The maximum Gasteiger partial charge on any atom is 0.119 e. The van der Waals surface area contributed by atoms with E-state index in [-0.39, 0.29) is 0 Å². The van der Waals surface area contributed by atoms with E-state index in [0.29, 0.717) is 16.3 Å². The maximum atomic E-state index is 9.13. The number of nitriles is 1. The molecular formula is C15H13ClN2O. The molecule has 2 aromatic carbocycles. The van der Waals surface area contributed by atoms with Gasteiger partial charge in [-0.25, -0.2) is 0 Å². The van der Waals surface area contributed by atoms with E-state index in [1.165, 1.54) is 0 Å². The van der Waals surface area contributed by atoms with E-state index in [1.54, 1.807) is 13.2 Å². The molecule has 1 N–H and O–H groups in total. The molecule has 0 aliphatic heterocycles. The lowest BCUT2D eigenvalue weighted by molar-refractivity contribution is 0.414. The van der Waals surface area contributed by atoms with E-state index in [2.05, 4.69) is 11.4 Å². The van der Waals surface area contributed by atoms with Crippen molar-refractivity contribution >= 4 is 23.0 Å². The third-order valence-corrected chi connectivity index (χ3v) is 3.14. The Morgan fingerprint density at radius 3 is 2.63 bits per heavy atom. The standard InChI is InChI=1S/C15H13ClN2O/c1-10-8-11(19-2)6-7-14(10)18-15-5-3-4-13(16)12(15)9-17/h3-8,18H,1-2H3. The van der Waals surface area contributed by atoms with Crippen molar-refractivity contribution in [3.05, 3.63) is 52.5 Å². The molecule has 0 unspecified atom stereocenters. The number of halogens is 1. The number of nitrogens with zero attached hydrogens (tertiary/aromatic N) is 1. The lowest BCUT2D eigenvalue weighted by atomic mass is 10.1. The van der Waals surface area contributed by atoms with Gasteiger partial charge in [0.05, 0.1) is 23.4 Å². The van der Waals surface area contributed by atoms with Gasteiger partial charge in [-0.05, 0) is 42.8 Å². The van der Waals surface area contributed by atoms with Gasteiger partial charge in [0.25, 0.3) is 0 Å². The summed E-state index contributed by atoms with van der Waals surface area (Å²) in [6, 6.07) is 13.2. The lowest BCUT2D eigenvalue weighted by Gasteiger charge is -2.12. The number of hydrogen-bond acceptors (Lipinski definition) is 3. The number of rotatable bonds is 3. The Morgan fingerprint density at radius 2 is 2.00 bits per heavy atom. The van der Waals surface area contributed by atoms with Gasteiger partial charge < -0.3 is 10.1 Å². The minimum absolute atomic E-state index is 0.443. The number of nitrogens with one attached hydrogen (secondary N) is 1. The van der Waals surface area contributed by atoms with Crippen LogP contribution in [0.4, 0.5) is 11.4 Å². The van der Waals surface area contributed by atoms with E-state index < -0.39 is 0 Å². The van der Waals surface area contributed by atoms with Crippen molar-refractivity contribution in [1.82, 2.24) is 0 Å². The molecule has 2 rings (SSSR count). The van der Waals surface area contributed by atoms with Crippen LogP contribution in [0.1, 0.15) is 11.1 Å². The van der Waals surface area contributed by atoms with Crippen molar-refractivity contribution < 1.29 is 4.74 Å². The van der Waals surface area contributed by atoms with Gasteiger partial charge >= 0.3 is 0 Å². The minimum atomic E-state index is 0.443. The van der Waals surface area contributed by atoms with Gasteiger partial charge in [-0.1, -0.05) is 17.7 Å². The van der Waals surface area contributed by atoms with E-state index in [1.807, 2.05) is 37.3 Å². The van der Waals surface area contributed by atoms with Gasteiger partial charge in [0.15, 0.2) is 0 Å². The third-order valence-electron chi connectivity index (χ3n) is 2.83. The van der Waals surface area contributed by atoms with Crippen LogP contribution < -0.4 is 10.1 Å². The normalized spacial score (nSPS) is 9.79. The van der Waals surface area contributed by atoms with E-state index >= 15 is 0 Å². The van der Waals surface area contributed by atoms with E-state index in [9.17, 15) is 0 Å². The van der Waals surface area contributed by atoms with Gasteiger partial charge in [-0.15, -0.1) is 0 Å². The first-order chi connectivity index (χ1) is 9.15. The fourth-order valence-electron chi connectivity index (χ4n) is 1.79. The van der Waals surface area contributed by atoms with Crippen molar-refractivity contribution in [1.29, 1.82) is 5.26 Å². The second kappa shape index (κ2) is 5.64. The number of benzene rings is 2. The molecule has 0 aliphatic rings. The summed E-state index contributed by atoms with van der Waals surface area (Å²) in [4.78, 5) is 0. The van der Waals surface area contributed by atoms with Crippen molar-refractivity contribution in [3.8, 4) is 11.8 Å². The predicted molar refractivity (Wildman–Crippen MR) is 77.2 cm³/mol. The van der Waals surface area contributed by atoms with Crippen LogP contribution in [0.25, 0.3) is 0 Å². The second-order valence-corrected chi connectivity index (χ2v) is 4.49. The summed E-state index contributed by atoms with van der Waals surface area (Å²) in [5.41, 5.74) is 3.09. The first-order valence-corrected chi connectivity index (χ1v) is 6.13. The Hall–Kier alpha value is -2.18. The Labute approximate surface area is 117 Å². The predicted octanol–water partition coefficient (Wildman–Crippen LogP) is 4.27. The highest BCUT2D eigenvalue weighted by Crippen LogP contribution is 2.29. The number of ether oxygens (including phenoxy) is 1. The molecule has 0 heterocycles. The highest BCUT2D eigenvalue weighted by molar-refractivity contribution is 6.32. The summed E-state index contributed by atoms with van der Waals surface area (Å²) in [7, 11) is 1.63. The minimum Gasteiger partial charge on any atom is -0.497 e. The summed E-state index contributed by atoms with van der Waals surface area (Å²) in [5.74, 6) is 0.801. The molecule has 3 nitrogen and oxygen atoms in total. The average Bonchev–Trinajstić information content (AvgIpc) is 2.41. The number of anilines is 2. The molecular weight excluding hydrogens is 260 g/mol. The van der Waals surface area contributed by atoms with Crippen molar-refractivity contribution in [2.45, 2.75) is 6.92 Å². The number of aryl methyl sites for hydroxylation is 1. The molecule has 0 saturated carbocycles. The van der Waals surface area contributed by atoms with Crippen molar-refractivity contribution in [2.75, 3.05) is 12.4 Å². The Kier molecular flexibility index (Phi) is 3.94. The van der Waals surface area contributed by atoms with E-state index in [0.717, 1.165) is 17.0 Å². The Morgan fingerprint density at radius 1 is 1.21 bits per heavy atom. The quantitative estimate of drug-likeness (QED) is 0.907. The van der Waals surface area contributed by atoms with Gasteiger partial charge in [0.1, 0.15) is 11.8 Å². The maximum absolute atomic E-state index is 9.13. The highest BCUT2D eigenvalue weighted by Gasteiger charge is 2.08. The summed E-state index contributed by atoms with van der Waals surface area (Å²) >= 11 is 6.00.